The number of benzene rings is 1. The van der Waals surface area contributed by atoms with Gasteiger partial charge in [-0.1, -0.05) is 12.1 Å². The van der Waals surface area contributed by atoms with Gasteiger partial charge in [-0.3, -0.25) is 0 Å². The van der Waals surface area contributed by atoms with Gasteiger partial charge in [0.2, 0.25) is 0 Å². The van der Waals surface area contributed by atoms with Crippen molar-refractivity contribution in [1.82, 2.24) is 0 Å². The molecule has 1 heterocycles. The fraction of sp³-hybridized carbons (Fsp3) is 0.273. The van der Waals surface area contributed by atoms with E-state index in [1.807, 2.05) is 6.07 Å². The van der Waals surface area contributed by atoms with Crippen molar-refractivity contribution in [3.63, 3.8) is 0 Å². The number of carbonyl (C=O) groups is 1. The van der Waals surface area contributed by atoms with Crippen LogP contribution in [-0.2, 0) is 16.0 Å². The van der Waals surface area contributed by atoms with Gasteiger partial charge in [-0.25, -0.2) is 9.79 Å². The number of carboxylic acids is 1. The number of rotatable bonds is 3. The van der Waals surface area contributed by atoms with Gasteiger partial charge in [0.05, 0.1) is 6.54 Å². The summed E-state index contributed by atoms with van der Waals surface area (Å²) in [7, 11) is 0. The Morgan fingerprint density at radius 3 is 3.00 bits per heavy atom. The Morgan fingerprint density at radius 1 is 1.56 bits per heavy atom. The highest BCUT2D eigenvalue weighted by atomic mass is 16.5. The van der Waals surface area contributed by atoms with E-state index in [0.29, 0.717) is 13.0 Å². The zero-order chi connectivity index (χ0) is 11.5. The number of nitrogens with zero attached hydrogens (tertiary/aromatic N) is 1. The second kappa shape index (κ2) is 4.22. The number of hydrogen-bond donors (Lipinski definition) is 2. The molecule has 2 N–H and O–H groups in total. The number of aliphatic imine (C=N–C) groups is 1. The van der Waals surface area contributed by atoms with E-state index in [4.69, 9.17) is 9.84 Å². The molecule has 0 saturated heterocycles. The lowest BCUT2D eigenvalue weighted by molar-refractivity contribution is -0.131. The number of ether oxygens (including phenoxy) is 1. The third kappa shape index (κ3) is 2.31. The highest BCUT2D eigenvalue weighted by Crippen LogP contribution is 2.16. The molecule has 1 atom stereocenters. The molecule has 0 aliphatic carbocycles. The van der Waals surface area contributed by atoms with Crippen molar-refractivity contribution in [3.05, 3.63) is 29.8 Å². The van der Waals surface area contributed by atoms with Crippen LogP contribution in [0.4, 0.5) is 0 Å². The van der Waals surface area contributed by atoms with Crippen LogP contribution in [0.15, 0.2) is 29.3 Å². The number of aliphatic carboxylic acids is 1. The SMILES string of the molecule is O=C(O)C1=NCC(Cc2cccc(O)c2)O1. The van der Waals surface area contributed by atoms with Crippen molar-refractivity contribution in [3.8, 4) is 5.75 Å². The van der Waals surface area contributed by atoms with Gasteiger partial charge >= 0.3 is 5.97 Å². The Morgan fingerprint density at radius 2 is 2.38 bits per heavy atom. The standard InChI is InChI=1S/C11H11NO4/c13-8-3-1-2-7(4-8)5-9-6-12-10(16-9)11(14)15/h1-4,9,13H,5-6H2,(H,14,15). The molecule has 0 saturated carbocycles. The lowest BCUT2D eigenvalue weighted by Crippen LogP contribution is -2.20. The van der Waals surface area contributed by atoms with Crippen LogP contribution in [0.3, 0.4) is 0 Å². The maximum Gasteiger partial charge on any atom is 0.391 e. The van der Waals surface area contributed by atoms with E-state index in [1.165, 1.54) is 0 Å². The molecule has 84 valence electrons. The molecule has 1 aromatic carbocycles. The minimum atomic E-state index is -1.14. The average molecular weight is 221 g/mol. The van der Waals surface area contributed by atoms with E-state index >= 15 is 0 Å². The molecule has 0 aromatic heterocycles. The van der Waals surface area contributed by atoms with Gasteiger partial charge in [0.15, 0.2) is 0 Å². The molecule has 2 rings (SSSR count). The molecule has 1 aliphatic heterocycles. The summed E-state index contributed by atoms with van der Waals surface area (Å²) in [4.78, 5) is 14.3. The van der Waals surface area contributed by atoms with Crippen LogP contribution in [-0.4, -0.2) is 34.7 Å². The monoisotopic (exact) mass is 221 g/mol. The molecule has 5 nitrogen and oxygen atoms in total. The molecule has 0 bridgehead atoms. The lowest BCUT2D eigenvalue weighted by atomic mass is 10.1. The predicted molar refractivity (Wildman–Crippen MR) is 56.6 cm³/mol. The Hall–Kier alpha value is -2.04. The van der Waals surface area contributed by atoms with Crippen LogP contribution in [0.2, 0.25) is 0 Å². The van der Waals surface area contributed by atoms with E-state index in [-0.39, 0.29) is 17.8 Å². The van der Waals surface area contributed by atoms with Gasteiger partial charge in [-0.2, -0.15) is 0 Å². The average Bonchev–Trinajstić information content (AvgIpc) is 2.66. The summed E-state index contributed by atoms with van der Waals surface area (Å²) in [6, 6.07) is 6.79. The summed E-state index contributed by atoms with van der Waals surface area (Å²) in [6.07, 6.45) is 0.280. The molecule has 0 fully saturated rings. The van der Waals surface area contributed by atoms with Crippen molar-refractivity contribution >= 4 is 11.9 Å². The van der Waals surface area contributed by atoms with Crippen molar-refractivity contribution in [1.29, 1.82) is 0 Å². The number of hydrogen-bond acceptors (Lipinski definition) is 4. The van der Waals surface area contributed by atoms with E-state index in [1.54, 1.807) is 18.2 Å². The summed E-state index contributed by atoms with van der Waals surface area (Å²) in [6.45, 7) is 0.345. The molecule has 0 amide bonds. The second-order valence-electron chi connectivity index (χ2n) is 3.56. The number of carboxylic acid groups (broad SMARTS) is 1. The summed E-state index contributed by atoms with van der Waals surface area (Å²) in [5.41, 5.74) is 0.895. The predicted octanol–water partition coefficient (Wildman–Crippen LogP) is 0.817. The second-order valence-corrected chi connectivity index (χ2v) is 3.56. The van der Waals surface area contributed by atoms with Crippen LogP contribution in [0.25, 0.3) is 0 Å². The minimum absolute atomic E-state index is 0.190. The third-order valence-electron chi connectivity index (χ3n) is 2.27. The first-order valence-corrected chi connectivity index (χ1v) is 4.87. The minimum Gasteiger partial charge on any atom is -0.508 e. The van der Waals surface area contributed by atoms with Crippen LogP contribution >= 0.6 is 0 Å². The van der Waals surface area contributed by atoms with Gasteiger partial charge in [0, 0.05) is 6.42 Å². The molecule has 1 unspecified atom stereocenters. The third-order valence-corrected chi connectivity index (χ3v) is 2.27. The van der Waals surface area contributed by atoms with Crippen molar-refractivity contribution in [2.45, 2.75) is 12.5 Å². The van der Waals surface area contributed by atoms with Crippen LogP contribution in [0.5, 0.6) is 5.75 Å². The van der Waals surface area contributed by atoms with Crippen molar-refractivity contribution in [2.24, 2.45) is 4.99 Å². The zero-order valence-electron chi connectivity index (χ0n) is 8.46. The molecule has 1 aliphatic rings. The first kappa shape index (κ1) is 10.5. The molecule has 0 radical (unpaired) electrons. The van der Waals surface area contributed by atoms with Crippen LogP contribution < -0.4 is 0 Å². The molecule has 1 aromatic rings. The highest BCUT2D eigenvalue weighted by molar-refractivity contribution is 6.32. The molecular weight excluding hydrogens is 210 g/mol. The topological polar surface area (TPSA) is 79.1 Å². The highest BCUT2D eigenvalue weighted by Gasteiger charge is 2.24. The fourth-order valence-electron chi connectivity index (χ4n) is 1.59. The molecule has 0 spiro atoms. The Balaban J connectivity index is 1.96. The number of phenols is 1. The van der Waals surface area contributed by atoms with Gasteiger partial charge in [0.1, 0.15) is 11.9 Å². The molecule has 16 heavy (non-hydrogen) atoms. The Kier molecular flexibility index (Phi) is 2.76. The van der Waals surface area contributed by atoms with Crippen molar-refractivity contribution in [2.75, 3.05) is 6.54 Å². The molecular formula is C11H11NO4. The smallest absolute Gasteiger partial charge is 0.391 e. The summed E-state index contributed by atoms with van der Waals surface area (Å²) in [5, 5.41) is 17.9. The van der Waals surface area contributed by atoms with Gasteiger partial charge in [-0.05, 0) is 17.7 Å². The number of aromatic hydroxyl groups is 1. The fourth-order valence-corrected chi connectivity index (χ4v) is 1.59. The first-order chi connectivity index (χ1) is 7.65. The van der Waals surface area contributed by atoms with E-state index in [2.05, 4.69) is 4.99 Å². The van der Waals surface area contributed by atoms with E-state index in [0.717, 1.165) is 5.56 Å². The normalized spacial score (nSPS) is 19.0. The van der Waals surface area contributed by atoms with Gasteiger partial charge in [0.25, 0.3) is 5.90 Å². The lowest BCUT2D eigenvalue weighted by Gasteiger charge is -2.09. The van der Waals surface area contributed by atoms with Gasteiger partial charge < -0.3 is 14.9 Å². The summed E-state index contributed by atoms with van der Waals surface area (Å²) < 4.78 is 5.14. The summed E-state index contributed by atoms with van der Waals surface area (Å²) >= 11 is 0. The quantitative estimate of drug-likeness (QED) is 0.791. The number of phenolic OH excluding ortho intramolecular Hbond substituents is 1. The largest absolute Gasteiger partial charge is 0.508 e. The summed E-state index contributed by atoms with van der Waals surface area (Å²) in [5.74, 6) is -1.18. The Labute approximate surface area is 92.0 Å². The van der Waals surface area contributed by atoms with E-state index in [9.17, 15) is 9.90 Å². The van der Waals surface area contributed by atoms with E-state index < -0.39 is 5.97 Å². The van der Waals surface area contributed by atoms with Gasteiger partial charge in [-0.15, -0.1) is 0 Å². The molecule has 5 heteroatoms. The van der Waals surface area contributed by atoms with Crippen molar-refractivity contribution < 1.29 is 19.7 Å². The van der Waals surface area contributed by atoms with Crippen LogP contribution in [0, 0.1) is 0 Å². The van der Waals surface area contributed by atoms with Crippen LogP contribution in [0.1, 0.15) is 5.56 Å². The Bertz CT molecular complexity index is 441. The zero-order valence-corrected chi connectivity index (χ0v) is 8.46. The first-order valence-electron chi connectivity index (χ1n) is 4.87. The maximum absolute atomic E-state index is 10.6. The maximum atomic E-state index is 10.6.